The Labute approximate surface area is 105 Å². The van der Waals surface area contributed by atoms with Crippen LogP contribution in [-0.2, 0) is 9.53 Å². The van der Waals surface area contributed by atoms with Crippen molar-refractivity contribution in [2.75, 3.05) is 6.61 Å². The molecule has 0 aromatic heterocycles. The average Bonchev–Trinajstić information content (AvgIpc) is 2.40. The molecule has 1 saturated heterocycles. The summed E-state index contributed by atoms with van der Waals surface area (Å²) in [6.45, 7) is 3.11. The predicted molar refractivity (Wildman–Crippen MR) is 69.0 cm³/mol. The van der Waals surface area contributed by atoms with E-state index in [1.807, 2.05) is 0 Å². The maximum Gasteiger partial charge on any atom is 0.138 e. The summed E-state index contributed by atoms with van der Waals surface area (Å²) in [5.74, 6) is 1.62. The summed E-state index contributed by atoms with van der Waals surface area (Å²) in [7, 11) is 0. The third-order valence-corrected chi connectivity index (χ3v) is 4.52. The Bertz CT molecular complexity index is 243. The van der Waals surface area contributed by atoms with Crippen molar-refractivity contribution in [3.8, 4) is 0 Å². The van der Waals surface area contributed by atoms with Crippen LogP contribution in [0.2, 0.25) is 0 Å². The highest BCUT2D eigenvalue weighted by atomic mass is 16.5. The van der Waals surface area contributed by atoms with Crippen molar-refractivity contribution >= 4 is 5.78 Å². The van der Waals surface area contributed by atoms with Crippen LogP contribution in [0.3, 0.4) is 0 Å². The molecule has 0 amide bonds. The van der Waals surface area contributed by atoms with E-state index in [0.717, 1.165) is 31.8 Å². The lowest BCUT2D eigenvalue weighted by atomic mass is 9.77. The first kappa shape index (κ1) is 13.1. The second-order valence-electron chi connectivity index (χ2n) is 5.80. The van der Waals surface area contributed by atoms with Crippen molar-refractivity contribution in [1.29, 1.82) is 0 Å². The highest BCUT2D eigenvalue weighted by Gasteiger charge is 2.28. The predicted octanol–water partition coefficient (Wildman–Crippen LogP) is 3.73. The fourth-order valence-electron chi connectivity index (χ4n) is 3.31. The SMILES string of the molecule is CCC1CCCC(C(=O)CC2CCCCO2)C1. The van der Waals surface area contributed by atoms with Gasteiger partial charge in [-0.05, 0) is 38.0 Å². The molecule has 17 heavy (non-hydrogen) atoms. The molecule has 98 valence electrons. The molecule has 3 unspecified atom stereocenters. The van der Waals surface area contributed by atoms with Gasteiger partial charge in [-0.3, -0.25) is 4.79 Å². The molecule has 0 spiro atoms. The summed E-state index contributed by atoms with van der Waals surface area (Å²) in [5, 5.41) is 0. The fourth-order valence-corrected chi connectivity index (χ4v) is 3.31. The molecule has 2 rings (SSSR count). The first-order chi connectivity index (χ1) is 8.29. The number of ketones is 1. The van der Waals surface area contributed by atoms with Crippen LogP contribution >= 0.6 is 0 Å². The van der Waals surface area contributed by atoms with Crippen LogP contribution in [0.4, 0.5) is 0 Å². The third kappa shape index (κ3) is 3.80. The van der Waals surface area contributed by atoms with Crippen molar-refractivity contribution in [3.63, 3.8) is 0 Å². The van der Waals surface area contributed by atoms with Gasteiger partial charge in [0.15, 0.2) is 0 Å². The van der Waals surface area contributed by atoms with Crippen LogP contribution < -0.4 is 0 Å². The normalized spacial score (nSPS) is 34.5. The van der Waals surface area contributed by atoms with Gasteiger partial charge in [-0.15, -0.1) is 0 Å². The van der Waals surface area contributed by atoms with Crippen LogP contribution in [0.5, 0.6) is 0 Å². The van der Waals surface area contributed by atoms with E-state index in [0.29, 0.717) is 18.1 Å². The zero-order valence-corrected chi connectivity index (χ0v) is 11.1. The fraction of sp³-hybridized carbons (Fsp3) is 0.933. The van der Waals surface area contributed by atoms with E-state index < -0.39 is 0 Å². The van der Waals surface area contributed by atoms with Gasteiger partial charge in [-0.25, -0.2) is 0 Å². The van der Waals surface area contributed by atoms with E-state index in [1.165, 1.54) is 32.1 Å². The molecule has 0 aromatic rings. The van der Waals surface area contributed by atoms with Gasteiger partial charge in [0.05, 0.1) is 6.10 Å². The Hall–Kier alpha value is -0.370. The van der Waals surface area contributed by atoms with E-state index in [-0.39, 0.29) is 6.10 Å². The molecule has 2 nitrogen and oxygen atoms in total. The highest BCUT2D eigenvalue weighted by molar-refractivity contribution is 5.81. The molecule has 1 aliphatic heterocycles. The minimum absolute atomic E-state index is 0.234. The summed E-state index contributed by atoms with van der Waals surface area (Å²) in [6, 6.07) is 0. The highest BCUT2D eigenvalue weighted by Crippen LogP contribution is 2.32. The van der Waals surface area contributed by atoms with Crippen LogP contribution in [0.25, 0.3) is 0 Å². The summed E-state index contributed by atoms with van der Waals surface area (Å²) >= 11 is 0. The van der Waals surface area contributed by atoms with Gasteiger partial charge in [0.1, 0.15) is 5.78 Å². The number of Topliss-reactive ketones (excluding diaryl/α,β-unsaturated/α-hetero) is 1. The number of rotatable bonds is 4. The molecule has 3 atom stereocenters. The number of hydrogen-bond donors (Lipinski definition) is 0. The zero-order chi connectivity index (χ0) is 12.1. The topological polar surface area (TPSA) is 26.3 Å². The van der Waals surface area contributed by atoms with Crippen molar-refractivity contribution in [1.82, 2.24) is 0 Å². The Kier molecular flexibility index (Phi) is 5.02. The third-order valence-electron chi connectivity index (χ3n) is 4.52. The van der Waals surface area contributed by atoms with Gasteiger partial charge in [0.2, 0.25) is 0 Å². The molecule has 0 bridgehead atoms. The molecular weight excluding hydrogens is 212 g/mol. The quantitative estimate of drug-likeness (QED) is 0.746. The number of hydrogen-bond acceptors (Lipinski definition) is 2. The number of carbonyl (C=O) groups is 1. The molecule has 2 fully saturated rings. The van der Waals surface area contributed by atoms with E-state index >= 15 is 0 Å². The molecule has 1 heterocycles. The monoisotopic (exact) mass is 238 g/mol. The summed E-state index contributed by atoms with van der Waals surface area (Å²) in [6.07, 6.45) is 10.5. The zero-order valence-electron chi connectivity index (χ0n) is 11.1. The second kappa shape index (κ2) is 6.53. The van der Waals surface area contributed by atoms with Crippen LogP contribution in [0, 0.1) is 11.8 Å². The van der Waals surface area contributed by atoms with Crippen molar-refractivity contribution < 1.29 is 9.53 Å². The van der Waals surface area contributed by atoms with Crippen molar-refractivity contribution in [3.05, 3.63) is 0 Å². The maximum absolute atomic E-state index is 12.2. The lowest BCUT2D eigenvalue weighted by molar-refractivity contribution is -0.128. The first-order valence-corrected chi connectivity index (χ1v) is 7.44. The van der Waals surface area contributed by atoms with E-state index in [1.54, 1.807) is 0 Å². The van der Waals surface area contributed by atoms with Crippen molar-refractivity contribution in [2.24, 2.45) is 11.8 Å². The van der Waals surface area contributed by atoms with Gasteiger partial charge >= 0.3 is 0 Å². The van der Waals surface area contributed by atoms with Gasteiger partial charge in [0.25, 0.3) is 0 Å². The first-order valence-electron chi connectivity index (χ1n) is 7.44. The lowest BCUT2D eigenvalue weighted by Crippen LogP contribution is -2.28. The molecule has 0 aromatic carbocycles. The minimum Gasteiger partial charge on any atom is -0.378 e. The van der Waals surface area contributed by atoms with Gasteiger partial charge in [0, 0.05) is 18.9 Å². The smallest absolute Gasteiger partial charge is 0.138 e. The van der Waals surface area contributed by atoms with Gasteiger partial charge in [-0.1, -0.05) is 26.2 Å². The molecule has 2 aliphatic rings. The van der Waals surface area contributed by atoms with Crippen LogP contribution in [0.1, 0.15) is 64.7 Å². The van der Waals surface area contributed by atoms with E-state index in [2.05, 4.69) is 6.92 Å². The van der Waals surface area contributed by atoms with E-state index in [9.17, 15) is 4.79 Å². The Morgan fingerprint density at radius 1 is 1.18 bits per heavy atom. The summed E-state index contributed by atoms with van der Waals surface area (Å²) in [5.41, 5.74) is 0. The van der Waals surface area contributed by atoms with Gasteiger partial charge in [-0.2, -0.15) is 0 Å². The largest absolute Gasteiger partial charge is 0.378 e. The van der Waals surface area contributed by atoms with Crippen molar-refractivity contribution in [2.45, 2.75) is 70.8 Å². The van der Waals surface area contributed by atoms with E-state index in [4.69, 9.17) is 4.74 Å². The minimum atomic E-state index is 0.234. The summed E-state index contributed by atoms with van der Waals surface area (Å²) in [4.78, 5) is 12.2. The Balaban J connectivity index is 1.78. The van der Waals surface area contributed by atoms with Gasteiger partial charge < -0.3 is 4.74 Å². The van der Waals surface area contributed by atoms with Crippen LogP contribution in [0.15, 0.2) is 0 Å². The molecule has 0 N–H and O–H groups in total. The second-order valence-corrected chi connectivity index (χ2v) is 5.80. The molecular formula is C15H26O2. The standard InChI is InChI=1S/C15H26O2/c1-2-12-6-5-7-13(10-12)15(16)11-14-8-3-4-9-17-14/h12-14H,2-11H2,1H3. The molecule has 2 heteroatoms. The number of ether oxygens (including phenoxy) is 1. The maximum atomic E-state index is 12.2. The molecule has 1 aliphatic carbocycles. The summed E-state index contributed by atoms with van der Waals surface area (Å²) < 4.78 is 5.67. The number of carbonyl (C=O) groups excluding carboxylic acids is 1. The van der Waals surface area contributed by atoms with Crippen LogP contribution in [-0.4, -0.2) is 18.5 Å². The molecule has 1 saturated carbocycles. The average molecular weight is 238 g/mol. The Morgan fingerprint density at radius 2 is 2.06 bits per heavy atom. The molecule has 0 radical (unpaired) electrons. The Morgan fingerprint density at radius 3 is 2.76 bits per heavy atom. The lowest BCUT2D eigenvalue weighted by Gasteiger charge is -2.29.